The Kier molecular flexibility index (Phi) is 4.38. The predicted molar refractivity (Wildman–Crippen MR) is 62.3 cm³/mol. The molecular weight excluding hydrogens is 206 g/mol. The molecule has 1 aromatic rings. The zero-order chi connectivity index (χ0) is 11.8. The van der Waals surface area contributed by atoms with Crippen LogP contribution in [0.2, 0.25) is 0 Å². The largest absolute Gasteiger partial charge is 0.343 e. The summed E-state index contributed by atoms with van der Waals surface area (Å²) in [4.78, 5) is 11.9. The van der Waals surface area contributed by atoms with Gasteiger partial charge in [-0.3, -0.25) is 5.43 Å². The molecule has 1 heterocycles. The van der Waals surface area contributed by atoms with Gasteiger partial charge in [0.1, 0.15) is 0 Å². The molecule has 0 atom stereocenters. The molecule has 5 N–H and O–H groups in total. The number of nitrogens with zero attached hydrogens (tertiary/aromatic N) is 3. The number of hydrazine groups is 1. The van der Waals surface area contributed by atoms with Crippen molar-refractivity contribution in [2.45, 2.75) is 0 Å². The van der Waals surface area contributed by atoms with Crippen molar-refractivity contribution < 1.29 is 0 Å². The van der Waals surface area contributed by atoms with E-state index in [-0.39, 0.29) is 5.95 Å². The number of terminal acetylenes is 2. The second kappa shape index (κ2) is 6.06. The topological polar surface area (TPSA) is 101 Å². The van der Waals surface area contributed by atoms with E-state index in [4.69, 9.17) is 18.7 Å². The van der Waals surface area contributed by atoms with Gasteiger partial charge in [0.05, 0.1) is 13.1 Å². The van der Waals surface area contributed by atoms with E-state index in [1.54, 1.807) is 0 Å². The zero-order valence-corrected chi connectivity index (χ0v) is 8.49. The fourth-order valence-electron chi connectivity index (χ4n) is 0.859. The Bertz CT molecular complexity index is 392. The predicted octanol–water partition coefficient (Wildman–Crippen LogP) is -0.753. The molecule has 1 rings (SSSR count). The molecule has 0 saturated heterocycles. The molecule has 0 spiro atoms. The minimum Gasteiger partial charge on any atom is -0.343 e. The van der Waals surface area contributed by atoms with Gasteiger partial charge < -0.3 is 10.6 Å². The molecule has 0 aliphatic rings. The Balaban J connectivity index is 2.84. The highest BCUT2D eigenvalue weighted by Gasteiger charge is 2.03. The van der Waals surface area contributed by atoms with Gasteiger partial charge in [0.25, 0.3) is 0 Å². The van der Waals surface area contributed by atoms with E-state index >= 15 is 0 Å². The third-order valence-electron chi connectivity index (χ3n) is 1.46. The van der Waals surface area contributed by atoms with E-state index < -0.39 is 0 Å². The molecule has 82 valence electrons. The van der Waals surface area contributed by atoms with Gasteiger partial charge in [0.2, 0.25) is 17.8 Å². The van der Waals surface area contributed by atoms with Crippen LogP contribution in [0.5, 0.6) is 0 Å². The quantitative estimate of drug-likeness (QED) is 0.292. The van der Waals surface area contributed by atoms with Crippen LogP contribution < -0.4 is 21.9 Å². The van der Waals surface area contributed by atoms with Crippen LogP contribution in [0, 0.1) is 24.7 Å². The van der Waals surface area contributed by atoms with Crippen LogP contribution in [-0.4, -0.2) is 28.0 Å². The summed E-state index contributed by atoms with van der Waals surface area (Å²) < 4.78 is 0. The van der Waals surface area contributed by atoms with Gasteiger partial charge >= 0.3 is 0 Å². The first-order valence-electron chi connectivity index (χ1n) is 4.37. The summed E-state index contributed by atoms with van der Waals surface area (Å²) in [5.74, 6) is 10.9. The molecule has 0 amide bonds. The molecule has 0 saturated carbocycles. The Hall–Kier alpha value is -2.51. The van der Waals surface area contributed by atoms with E-state index in [1.807, 2.05) is 0 Å². The number of hydrogen-bond donors (Lipinski definition) is 4. The summed E-state index contributed by atoms with van der Waals surface area (Å²) in [6.45, 7) is 0.616. The van der Waals surface area contributed by atoms with Crippen LogP contribution in [0.25, 0.3) is 0 Å². The standard InChI is InChI=1S/C9H11N7/c1-3-5-11-7-13-8(12-6-4-2)15-9(14-7)16-10/h1-2H,5-6,10H2,(H3,11,12,13,14,15,16). The Labute approximate surface area is 93.2 Å². The second-order valence-electron chi connectivity index (χ2n) is 2.57. The van der Waals surface area contributed by atoms with Crippen molar-refractivity contribution in [3.63, 3.8) is 0 Å². The van der Waals surface area contributed by atoms with Crippen LogP contribution >= 0.6 is 0 Å². The van der Waals surface area contributed by atoms with Gasteiger partial charge in [-0.15, -0.1) is 12.8 Å². The van der Waals surface area contributed by atoms with E-state index in [9.17, 15) is 0 Å². The average molecular weight is 217 g/mol. The highest BCUT2D eigenvalue weighted by atomic mass is 15.3. The van der Waals surface area contributed by atoms with Crippen LogP contribution in [0.3, 0.4) is 0 Å². The number of rotatable bonds is 5. The smallest absolute Gasteiger partial charge is 0.243 e. The number of nitrogens with one attached hydrogen (secondary N) is 3. The summed E-state index contributed by atoms with van der Waals surface area (Å²) in [6, 6.07) is 0. The molecule has 0 aliphatic carbocycles. The summed E-state index contributed by atoms with van der Waals surface area (Å²) in [6.07, 6.45) is 10.2. The summed E-state index contributed by atoms with van der Waals surface area (Å²) >= 11 is 0. The molecule has 0 radical (unpaired) electrons. The van der Waals surface area contributed by atoms with Gasteiger partial charge in [0.15, 0.2) is 0 Å². The number of nitrogen functional groups attached to an aromatic ring is 1. The van der Waals surface area contributed by atoms with Gasteiger partial charge in [-0.1, -0.05) is 11.8 Å². The molecule has 1 aromatic heterocycles. The number of nitrogens with two attached hydrogens (primary N) is 1. The number of anilines is 3. The average Bonchev–Trinajstić information content (AvgIpc) is 2.33. The maximum Gasteiger partial charge on any atom is 0.243 e. The van der Waals surface area contributed by atoms with Crippen molar-refractivity contribution in [3.8, 4) is 24.7 Å². The van der Waals surface area contributed by atoms with Crippen LogP contribution in [-0.2, 0) is 0 Å². The van der Waals surface area contributed by atoms with E-state index in [2.05, 4.69) is 42.9 Å². The van der Waals surface area contributed by atoms with Crippen LogP contribution in [0.4, 0.5) is 17.8 Å². The first-order valence-corrected chi connectivity index (χ1v) is 4.37. The van der Waals surface area contributed by atoms with Gasteiger partial charge in [0, 0.05) is 0 Å². The maximum absolute atomic E-state index is 5.21. The minimum atomic E-state index is 0.217. The monoisotopic (exact) mass is 217 g/mol. The lowest BCUT2D eigenvalue weighted by atomic mass is 10.6. The van der Waals surface area contributed by atoms with Gasteiger partial charge in [-0.2, -0.15) is 15.0 Å². The molecule has 16 heavy (non-hydrogen) atoms. The van der Waals surface area contributed by atoms with Crippen molar-refractivity contribution in [1.29, 1.82) is 0 Å². The normalized spacial score (nSPS) is 8.69. The van der Waals surface area contributed by atoms with Gasteiger partial charge in [-0.25, -0.2) is 5.84 Å². The Morgan fingerprint density at radius 3 is 1.75 bits per heavy atom. The molecular formula is C9H11N7. The SMILES string of the molecule is C#CCNc1nc(NN)nc(NCC#C)n1. The second-order valence-corrected chi connectivity index (χ2v) is 2.57. The van der Waals surface area contributed by atoms with Crippen LogP contribution in [0.1, 0.15) is 0 Å². The molecule has 7 heteroatoms. The Morgan fingerprint density at radius 1 is 0.938 bits per heavy atom. The molecule has 0 aliphatic heterocycles. The lowest BCUT2D eigenvalue weighted by molar-refractivity contribution is 1.01. The lowest BCUT2D eigenvalue weighted by Gasteiger charge is -2.06. The molecule has 0 fully saturated rings. The highest BCUT2D eigenvalue weighted by molar-refractivity contribution is 5.42. The summed E-state index contributed by atoms with van der Waals surface area (Å²) in [5, 5.41) is 5.60. The summed E-state index contributed by atoms with van der Waals surface area (Å²) in [5.41, 5.74) is 2.32. The van der Waals surface area contributed by atoms with Crippen molar-refractivity contribution >= 4 is 17.8 Å². The first kappa shape index (κ1) is 11.6. The fraction of sp³-hybridized carbons (Fsp3) is 0.222. The zero-order valence-electron chi connectivity index (χ0n) is 8.49. The molecule has 0 bridgehead atoms. The number of hydrogen-bond acceptors (Lipinski definition) is 7. The fourth-order valence-corrected chi connectivity index (χ4v) is 0.859. The maximum atomic E-state index is 5.21. The van der Waals surface area contributed by atoms with E-state index in [1.165, 1.54) is 0 Å². The summed E-state index contributed by atoms with van der Waals surface area (Å²) in [7, 11) is 0. The third kappa shape index (κ3) is 3.33. The lowest BCUT2D eigenvalue weighted by Crippen LogP contribution is -2.15. The molecule has 0 aromatic carbocycles. The third-order valence-corrected chi connectivity index (χ3v) is 1.46. The van der Waals surface area contributed by atoms with Crippen molar-refractivity contribution in [2.75, 3.05) is 29.1 Å². The van der Waals surface area contributed by atoms with Crippen molar-refractivity contribution in [3.05, 3.63) is 0 Å². The van der Waals surface area contributed by atoms with E-state index in [0.29, 0.717) is 25.0 Å². The minimum absolute atomic E-state index is 0.217. The van der Waals surface area contributed by atoms with Crippen LogP contribution in [0.15, 0.2) is 0 Å². The van der Waals surface area contributed by atoms with Gasteiger partial charge in [-0.05, 0) is 0 Å². The first-order chi connectivity index (χ1) is 7.80. The number of aromatic nitrogens is 3. The van der Waals surface area contributed by atoms with E-state index in [0.717, 1.165) is 0 Å². The molecule has 0 unspecified atom stereocenters. The van der Waals surface area contributed by atoms with Crippen molar-refractivity contribution in [2.24, 2.45) is 5.84 Å². The molecule has 7 nitrogen and oxygen atoms in total. The highest BCUT2D eigenvalue weighted by Crippen LogP contribution is 2.07. The Morgan fingerprint density at radius 2 is 1.38 bits per heavy atom. The van der Waals surface area contributed by atoms with Crippen molar-refractivity contribution in [1.82, 2.24) is 15.0 Å².